The van der Waals surface area contributed by atoms with Crippen LogP contribution in [0.3, 0.4) is 0 Å². The molecule has 0 aliphatic carbocycles. The van der Waals surface area contributed by atoms with Crippen LogP contribution in [0.5, 0.6) is 0 Å². The van der Waals surface area contributed by atoms with E-state index in [0.29, 0.717) is 11.5 Å². The van der Waals surface area contributed by atoms with E-state index < -0.39 is 7.42 Å². The molecule has 0 saturated carbocycles. The summed E-state index contributed by atoms with van der Waals surface area (Å²) in [6.07, 6.45) is 1.18. The average molecular weight is 185 g/mol. The fourth-order valence-corrected chi connectivity index (χ4v) is 2.88. The lowest BCUT2D eigenvalue weighted by Gasteiger charge is -2.17. The van der Waals surface area contributed by atoms with Crippen molar-refractivity contribution in [2.24, 2.45) is 5.92 Å². The van der Waals surface area contributed by atoms with Gasteiger partial charge in [-0.25, -0.2) is 0 Å². The van der Waals surface area contributed by atoms with E-state index in [0.717, 1.165) is 0 Å². The fourth-order valence-electron chi connectivity index (χ4n) is 0.620. The highest BCUT2D eigenvalue weighted by molar-refractivity contribution is 7.34. The summed E-state index contributed by atoms with van der Waals surface area (Å²) in [7, 11) is -1.40. The molecule has 0 nitrogen and oxygen atoms in total. The van der Waals surface area contributed by atoms with E-state index in [2.05, 4.69) is 20.8 Å². The lowest BCUT2D eigenvalue weighted by atomic mass is 10.1. The molecular formula is C6H14Cl2Si. The zero-order chi connectivity index (χ0) is 7.44. The summed E-state index contributed by atoms with van der Waals surface area (Å²) < 4.78 is 0. The van der Waals surface area contributed by atoms with Crippen molar-refractivity contribution in [3.05, 3.63) is 0 Å². The molecule has 0 saturated heterocycles. The first-order valence-corrected chi connectivity index (χ1v) is 7.53. The lowest BCUT2D eigenvalue weighted by molar-refractivity contribution is 0.541. The smallest absolute Gasteiger partial charge is 0.150 e. The third kappa shape index (κ3) is 3.49. The minimum absolute atomic E-state index is 0.554. The number of halogens is 2. The Morgan fingerprint density at radius 1 is 1.33 bits per heavy atom. The molecule has 2 unspecified atom stereocenters. The third-order valence-corrected chi connectivity index (χ3v) is 5.78. The van der Waals surface area contributed by atoms with Gasteiger partial charge in [0.2, 0.25) is 7.42 Å². The summed E-state index contributed by atoms with van der Waals surface area (Å²) in [6, 6.07) is 0. The molecule has 56 valence electrons. The molecule has 9 heavy (non-hydrogen) atoms. The van der Waals surface area contributed by atoms with Crippen LogP contribution in [0.2, 0.25) is 5.54 Å². The zero-order valence-corrected chi connectivity index (χ0v) is 8.86. The Hall–Kier alpha value is 0.797. The van der Waals surface area contributed by atoms with Crippen molar-refractivity contribution in [1.82, 2.24) is 0 Å². The van der Waals surface area contributed by atoms with Gasteiger partial charge in [0.25, 0.3) is 0 Å². The number of hydrogen-bond acceptors (Lipinski definition) is 0. The standard InChI is InChI=1S/C6H14Cl2Si/c1-4-5(2)6(3)9(7)8/h5-6,9H,4H2,1-3H3. The van der Waals surface area contributed by atoms with Crippen LogP contribution < -0.4 is 0 Å². The maximum absolute atomic E-state index is 5.81. The summed E-state index contributed by atoms with van der Waals surface area (Å²) in [5.41, 5.74) is 0.554. The van der Waals surface area contributed by atoms with Crippen LogP contribution >= 0.6 is 22.2 Å². The van der Waals surface area contributed by atoms with Crippen molar-refractivity contribution in [2.75, 3.05) is 0 Å². The van der Waals surface area contributed by atoms with Gasteiger partial charge in [0.15, 0.2) is 0 Å². The summed E-state index contributed by atoms with van der Waals surface area (Å²) in [6.45, 7) is 6.52. The summed E-state index contributed by atoms with van der Waals surface area (Å²) in [5.74, 6) is 0.691. The van der Waals surface area contributed by atoms with Crippen molar-refractivity contribution >= 4 is 29.6 Å². The highest BCUT2D eigenvalue weighted by atomic mass is 35.7. The Kier molecular flexibility index (Phi) is 4.99. The van der Waals surface area contributed by atoms with Crippen LogP contribution in [0.25, 0.3) is 0 Å². The average Bonchev–Trinajstić information content (AvgIpc) is 1.84. The Bertz CT molecular complexity index is 75.5. The van der Waals surface area contributed by atoms with Gasteiger partial charge in [-0.2, -0.15) is 22.2 Å². The second-order valence-electron chi connectivity index (χ2n) is 2.58. The van der Waals surface area contributed by atoms with Crippen LogP contribution in [0, 0.1) is 5.92 Å². The highest BCUT2D eigenvalue weighted by Crippen LogP contribution is 2.27. The van der Waals surface area contributed by atoms with Gasteiger partial charge < -0.3 is 0 Å². The topological polar surface area (TPSA) is 0 Å². The molecule has 0 amide bonds. The third-order valence-electron chi connectivity index (χ3n) is 1.94. The second kappa shape index (κ2) is 4.59. The molecule has 0 aliphatic heterocycles. The minimum Gasteiger partial charge on any atom is -0.150 e. The van der Waals surface area contributed by atoms with Gasteiger partial charge in [-0.1, -0.05) is 27.2 Å². The van der Waals surface area contributed by atoms with Gasteiger partial charge >= 0.3 is 0 Å². The molecule has 0 bridgehead atoms. The Morgan fingerprint density at radius 2 is 1.78 bits per heavy atom. The molecular weight excluding hydrogens is 171 g/mol. The molecule has 2 atom stereocenters. The SMILES string of the molecule is CCC(C)C(C)[SiH](Cl)Cl. The van der Waals surface area contributed by atoms with E-state index in [1.165, 1.54) is 6.42 Å². The molecule has 0 rings (SSSR count). The van der Waals surface area contributed by atoms with Crippen LogP contribution in [0.4, 0.5) is 0 Å². The van der Waals surface area contributed by atoms with Crippen molar-refractivity contribution in [1.29, 1.82) is 0 Å². The predicted octanol–water partition coefficient (Wildman–Crippen LogP) is 3.12. The van der Waals surface area contributed by atoms with E-state index in [1.807, 2.05) is 0 Å². The molecule has 0 N–H and O–H groups in total. The van der Waals surface area contributed by atoms with Crippen LogP contribution in [-0.4, -0.2) is 7.42 Å². The highest BCUT2D eigenvalue weighted by Gasteiger charge is 2.18. The van der Waals surface area contributed by atoms with Gasteiger partial charge in [-0.15, -0.1) is 0 Å². The second-order valence-corrected chi connectivity index (χ2v) is 7.79. The number of hydrogen-bond donors (Lipinski definition) is 0. The molecule has 0 aromatic rings. The van der Waals surface area contributed by atoms with E-state index in [1.54, 1.807) is 0 Å². The fraction of sp³-hybridized carbons (Fsp3) is 1.00. The van der Waals surface area contributed by atoms with Crippen LogP contribution in [-0.2, 0) is 0 Å². The molecule has 0 aromatic carbocycles. The summed E-state index contributed by atoms with van der Waals surface area (Å²) in [4.78, 5) is 0. The van der Waals surface area contributed by atoms with Crippen molar-refractivity contribution in [2.45, 2.75) is 32.7 Å². The molecule has 0 fully saturated rings. The zero-order valence-electron chi connectivity index (χ0n) is 6.20. The van der Waals surface area contributed by atoms with Gasteiger partial charge in [-0.3, -0.25) is 0 Å². The van der Waals surface area contributed by atoms with Gasteiger partial charge in [0, 0.05) is 0 Å². The molecule has 0 heterocycles. The summed E-state index contributed by atoms with van der Waals surface area (Å²) >= 11 is 11.6. The Morgan fingerprint density at radius 3 is 1.89 bits per heavy atom. The van der Waals surface area contributed by atoms with Gasteiger partial charge in [-0.05, 0) is 11.5 Å². The van der Waals surface area contributed by atoms with Crippen molar-refractivity contribution < 1.29 is 0 Å². The van der Waals surface area contributed by atoms with Crippen LogP contribution in [0.1, 0.15) is 27.2 Å². The van der Waals surface area contributed by atoms with E-state index in [-0.39, 0.29) is 0 Å². The maximum Gasteiger partial charge on any atom is 0.240 e. The molecule has 0 aliphatic rings. The summed E-state index contributed by atoms with van der Waals surface area (Å²) in [5, 5.41) is 0. The van der Waals surface area contributed by atoms with Gasteiger partial charge in [0.05, 0.1) is 0 Å². The number of rotatable bonds is 3. The maximum atomic E-state index is 5.81. The quantitative estimate of drug-likeness (QED) is 0.468. The normalized spacial score (nSPS) is 18.0. The van der Waals surface area contributed by atoms with Crippen molar-refractivity contribution in [3.63, 3.8) is 0 Å². The van der Waals surface area contributed by atoms with Crippen molar-refractivity contribution in [3.8, 4) is 0 Å². The first-order chi connectivity index (χ1) is 4.09. The largest absolute Gasteiger partial charge is 0.240 e. The lowest BCUT2D eigenvalue weighted by Crippen LogP contribution is -2.11. The minimum atomic E-state index is -1.40. The molecule has 0 spiro atoms. The van der Waals surface area contributed by atoms with Crippen LogP contribution in [0.15, 0.2) is 0 Å². The van der Waals surface area contributed by atoms with E-state index in [9.17, 15) is 0 Å². The monoisotopic (exact) mass is 184 g/mol. The van der Waals surface area contributed by atoms with E-state index in [4.69, 9.17) is 22.2 Å². The van der Waals surface area contributed by atoms with E-state index >= 15 is 0 Å². The first kappa shape index (κ1) is 9.80. The molecule has 3 heteroatoms. The Balaban J connectivity index is 3.58. The predicted molar refractivity (Wildman–Crippen MR) is 47.7 cm³/mol. The molecule has 0 aromatic heterocycles. The first-order valence-electron chi connectivity index (χ1n) is 3.37. The molecule has 0 radical (unpaired) electrons. The Labute approximate surface area is 68.6 Å². The van der Waals surface area contributed by atoms with Gasteiger partial charge in [0.1, 0.15) is 0 Å².